The molecular formula is C15H27NO2. The molecule has 0 N–H and O–H groups in total. The van der Waals surface area contributed by atoms with Gasteiger partial charge in [-0.2, -0.15) is 0 Å². The minimum Gasteiger partial charge on any atom is -0.465 e. The highest BCUT2D eigenvalue weighted by Gasteiger charge is 2.39. The summed E-state index contributed by atoms with van der Waals surface area (Å²) in [5.74, 6) is -0.0312. The predicted octanol–water partition coefficient (Wildman–Crippen LogP) is 2.99. The van der Waals surface area contributed by atoms with E-state index in [2.05, 4.69) is 11.8 Å². The molecule has 2 rings (SSSR count). The molecule has 18 heavy (non-hydrogen) atoms. The Kier molecular flexibility index (Phi) is 5.04. The SMILES string of the molecule is CCCCOC(=O)CN1CCC2(CCCCC2)C1. The van der Waals surface area contributed by atoms with Gasteiger partial charge in [-0.3, -0.25) is 9.69 Å². The molecule has 0 aromatic rings. The minimum absolute atomic E-state index is 0.0312. The van der Waals surface area contributed by atoms with Crippen LogP contribution in [0.2, 0.25) is 0 Å². The van der Waals surface area contributed by atoms with Crippen molar-refractivity contribution in [3.05, 3.63) is 0 Å². The largest absolute Gasteiger partial charge is 0.465 e. The zero-order valence-corrected chi connectivity index (χ0v) is 11.7. The highest BCUT2D eigenvalue weighted by Crippen LogP contribution is 2.43. The summed E-state index contributed by atoms with van der Waals surface area (Å²) in [4.78, 5) is 14.0. The number of nitrogens with zero attached hydrogens (tertiary/aromatic N) is 1. The van der Waals surface area contributed by atoms with Gasteiger partial charge < -0.3 is 4.74 Å². The van der Waals surface area contributed by atoms with E-state index >= 15 is 0 Å². The van der Waals surface area contributed by atoms with Gasteiger partial charge in [0.05, 0.1) is 13.2 Å². The fraction of sp³-hybridized carbons (Fsp3) is 0.933. The lowest BCUT2D eigenvalue weighted by Crippen LogP contribution is -2.33. The van der Waals surface area contributed by atoms with Crippen LogP contribution >= 0.6 is 0 Å². The normalized spacial score (nSPS) is 23.4. The number of hydrogen-bond acceptors (Lipinski definition) is 3. The molecule has 3 heteroatoms. The van der Waals surface area contributed by atoms with Crippen molar-refractivity contribution in [2.24, 2.45) is 5.41 Å². The number of hydrogen-bond donors (Lipinski definition) is 0. The molecule has 1 aliphatic carbocycles. The molecule has 0 radical (unpaired) electrons. The molecule has 1 heterocycles. The Hall–Kier alpha value is -0.570. The van der Waals surface area contributed by atoms with Crippen LogP contribution in [0.3, 0.4) is 0 Å². The van der Waals surface area contributed by atoms with Crippen LogP contribution in [-0.2, 0) is 9.53 Å². The van der Waals surface area contributed by atoms with Crippen LogP contribution in [0.1, 0.15) is 58.3 Å². The summed E-state index contributed by atoms with van der Waals surface area (Å²) in [6, 6.07) is 0. The van der Waals surface area contributed by atoms with Gasteiger partial charge >= 0.3 is 5.97 Å². The Bertz CT molecular complexity index is 272. The molecule has 1 saturated heterocycles. The van der Waals surface area contributed by atoms with Crippen LogP contribution in [0, 0.1) is 5.41 Å². The molecule has 0 atom stereocenters. The number of rotatable bonds is 5. The van der Waals surface area contributed by atoms with Gasteiger partial charge in [-0.05, 0) is 37.6 Å². The summed E-state index contributed by atoms with van der Waals surface area (Å²) in [5, 5.41) is 0. The molecule has 1 spiro atoms. The second-order valence-corrected chi connectivity index (χ2v) is 6.10. The molecular weight excluding hydrogens is 226 g/mol. The number of carbonyl (C=O) groups is 1. The Labute approximate surface area is 111 Å². The topological polar surface area (TPSA) is 29.5 Å². The Morgan fingerprint density at radius 3 is 2.72 bits per heavy atom. The van der Waals surface area contributed by atoms with E-state index < -0.39 is 0 Å². The fourth-order valence-electron chi connectivity index (χ4n) is 3.43. The van der Waals surface area contributed by atoms with Gasteiger partial charge in [-0.15, -0.1) is 0 Å². The molecule has 2 aliphatic rings. The quantitative estimate of drug-likeness (QED) is 0.557. The van der Waals surface area contributed by atoms with E-state index in [-0.39, 0.29) is 5.97 Å². The standard InChI is InChI=1S/C15H27NO2/c1-2-3-11-18-14(17)12-16-10-9-15(13-16)7-5-4-6-8-15/h2-13H2,1H3. The van der Waals surface area contributed by atoms with Crippen LogP contribution in [0.4, 0.5) is 0 Å². The van der Waals surface area contributed by atoms with Crippen molar-refractivity contribution >= 4 is 5.97 Å². The monoisotopic (exact) mass is 253 g/mol. The second-order valence-electron chi connectivity index (χ2n) is 6.10. The van der Waals surface area contributed by atoms with Crippen molar-refractivity contribution in [1.29, 1.82) is 0 Å². The number of carbonyl (C=O) groups excluding carboxylic acids is 1. The fourth-order valence-corrected chi connectivity index (χ4v) is 3.43. The number of ether oxygens (including phenoxy) is 1. The van der Waals surface area contributed by atoms with Crippen molar-refractivity contribution in [1.82, 2.24) is 4.90 Å². The van der Waals surface area contributed by atoms with Gasteiger partial charge in [0, 0.05) is 6.54 Å². The second kappa shape index (κ2) is 6.55. The van der Waals surface area contributed by atoms with Crippen molar-refractivity contribution < 1.29 is 9.53 Å². The first kappa shape index (κ1) is 13.9. The average Bonchev–Trinajstić information content (AvgIpc) is 2.73. The first-order valence-corrected chi connectivity index (χ1v) is 7.62. The number of likely N-dealkylation sites (tertiary alicyclic amines) is 1. The molecule has 1 saturated carbocycles. The lowest BCUT2D eigenvalue weighted by Gasteiger charge is -2.33. The minimum atomic E-state index is -0.0312. The molecule has 0 bridgehead atoms. The van der Waals surface area contributed by atoms with Crippen molar-refractivity contribution in [3.8, 4) is 0 Å². The summed E-state index contributed by atoms with van der Waals surface area (Å²) >= 11 is 0. The molecule has 0 aromatic heterocycles. The third-order valence-electron chi connectivity index (χ3n) is 4.55. The Morgan fingerprint density at radius 1 is 1.22 bits per heavy atom. The van der Waals surface area contributed by atoms with E-state index in [1.54, 1.807) is 0 Å². The molecule has 0 aromatic carbocycles. The third-order valence-corrected chi connectivity index (χ3v) is 4.55. The van der Waals surface area contributed by atoms with Gasteiger partial charge in [-0.25, -0.2) is 0 Å². The zero-order valence-electron chi connectivity index (χ0n) is 11.7. The van der Waals surface area contributed by atoms with E-state index in [0.717, 1.165) is 25.9 Å². The smallest absolute Gasteiger partial charge is 0.320 e. The van der Waals surface area contributed by atoms with Gasteiger partial charge in [0.15, 0.2) is 0 Å². The summed E-state index contributed by atoms with van der Waals surface area (Å²) in [7, 11) is 0. The molecule has 2 fully saturated rings. The van der Waals surface area contributed by atoms with Crippen molar-refractivity contribution in [3.63, 3.8) is 0 Å². The van der Waals surface area contributed by atoms with Gasteiger partial charge in [0.2, 0.25) is 0 Å². The first-order valence-electron chi connectivity index (χ1n) is 7.62. The van der Waals surface area contributed by atoms with E-state index in [0.29, 0.717) is 18.6 Å². The van der Waals surface area contributed by atoms with Crippen molar-refractivity contribution in [2.45, 2.75) is 58.3 Å². The summed E-state index contributed by atoms with van der Waals surface area (Å²) in [6.07, 6.45) is 10.3. The highest BCUT2D eigenvalue weighted by atomic mass is 16.5. The molecule has 104 valence electrons. The van der Waals surface area contributed by atoms with Gasteiger partial charge in [0.25, 0.3) is 0 Å². The average molecular weight is 253 g/mol. The Balaban J connectivity index is 1.70. The highest BCUT2D eigenvalue weighted by molar-refractivity contribution is 5.71. The summed E-state index contributed by atoms with van der Waals surface area (Å²) in [6.45, 7) is 5.42. The summed E-state index contributed by atoms with van der Waals surface area (Å²) in [5.41, 5.74) is 0.544. The lowest BCUT2D eigenvalue weighted by molar-refractivity contribution is -0.144. The van der Waals surface area contributed by atoms with Crippen LogP contribution in [0.25, 0.3) is 0 Å². The van der Waals surface area contributed by atoms with Crippen molar-refractivity contribution in [2.75, 3.05) is 26.2 Å². The molecule has 1 aliphatic heterocycles. The maximum absolute atomic E-state index is 11.7. The van der Waals surface area contributed by atoms with Crippen LogP contribution in [0.5, 0.6) is 0 Å². The van der Waals surface area contributed by atoms with E-state index in [9.17, 15) is 4.79 Å². The zero-order chi connectivity index (χ0) is 12.8. The summed E-state index contributed by atoms with van der Waals surface area (Å²) < 4.78 is 5.24. The maximum Gasteiger partial charge on any atom is 0.320 e. The van der Waals surface area contributed by atoms with Crippen LogP contribution in [-0.4, -0.2) is 37.1 Å². The van der Waals surface area contributed by atoms with E-state index in [1.807, 2.05) is 0 Å². The predicted molar refractivity (Wildman–Crippen MR) is 72.4 cm³/mol. The van der Waals surface area contributed by atoms with E-state index in [4.69, 9.17) is 4.74 Å². The van der Waals surface area contributed by atoms with Crippen LogP contribution < -0.4 is 0 Å². The third kappa shape index (κ3) is 3.71. The van der Waals surface area contributed by atoms with E-state index in [1.165, 1.54) is 38.5 Å². The van der Waals surface area contributed by atoms with Gasteiger partial charge in [-0.1, -0.05) is 32.6 Å². The van der Waals surface area contributed by atoms with Gasteiger partial charge in [0.1, 0.15) is 0 Å². The first-order chi connectivity index (χ1) is 8.74. The Morgan fingerprint density at radius 2 is 2.00 bits per heavy atom. The maximum atomic E-state index is 11.7. The number of esters is 1. The number of unbranched alkanes of at least 4 members (excludes halogenated alkanes) is 1. The van der Waals surface area contributed by atoms with Crippen LogP contribution in [0.15, 0.2) is 0 Å². The molecule has 0 unspecified atom stereocenters. The molecule has 0 amide bonds. The molecule has 3 nitrogen and oxygen atoms in total. The lowest BCUT2D eigenvalue weighted by atomic mass is 9.73.